The summed E-state index contributed by atoms with van der Waals surface area (Å²) in [6.45, 7) is 0.500. The Morgan fingerprint density at radius 1 is 1.61 bits per heavy atom. The highest BCUT2D eigenvalue weighted by molar-refractivity contribution is 5.77. The quantitative estimate of drug-likeness (QED) is 0.701. The molecule has 0 fully saturated rings. The number of fused-ring (bicyclic) bond motifs is 1. The van der Waals surface area contributed by atoms with Gasteiger partial charge in [-0.05, 0) is 12.1 Å². The molecule has 0 aromatic heterocycles. The monoisotopic (exact) mass is 251 g/mol. The number of ether oxygens (including phenoxy) is 1. The van der Waals surface area contributed by atoms with Crippen LogP contribution in [0.3, 0.4) is 0 Å². The van der Waals surface area contributed by atoms with Crippen molar-refractivity contribution in [2.45, 2.75) is 12.6 Å². The Morgan fingerprint density at radius 3 is 3.11 bits per heavy atom. The third-order valence-electron chi connectivity index (χ3n) is 2.92. The first-order valence-corrected chi connectivity index (χ1v) is 5.81. The number of rotatable bonds is 4. The average molecular weight is 251 g/mol. The summed E-state index contributed by atoms with van der Waals surface area (Å²) < 4.78 is 5.70. The number of phenolic OH excluding ortho intramolecular Hbond substituents is 1. The van der Waals surface area contributed by atoms with Crippen molar-refractivity contribution >= 4 is 11.6 Å². The van der Waals surface area contributed by atoms with Gasteiger partial charge in [-0.1, -0.05) is 0 Å². The molecule has 1 aliphatic heterocycles. The molecule has 6 heteroatoms. The molecular formula is C12H17N3O3. The molecule has 6 nitrogen and oxygen atoms in total. The molecule has 1 aliphatic rings. The lowest BCUT2D eigenvalue weighted by atomic mass is 10.2. The fourth-order valence-electron chi connectivity index (χ4n) is 1.93. The zero-order chi connectivity index (χ0) is 13.1. The Hall–Kier alpha value is -1.95. The maximum absolute atomic E-state index is 11.0. The van der Waals surface area contributed by atoms with E-state index < -0.39 is 0 Å². The van der Waals surface area contributed by atoms with Crippen molar-refractivity contribution in [3.8, 4) is 11.5 Å². The van der Waals surface area contributed by atoms with Crippen LogP contribution in [0.25, 0.3) is 0 Å². The number of nitrogens with two attached hydrogens (primary N) is 1. The zero-order valence-corrected chi connectivity index (χ0v) is 10.2. The molecule has 1 heterocycles. The van der Waals surface area contributed by atoms with Crippen LogP contribution in [-0.2, 0) is 4.79 Å². The van der Waals surface area contributed by atoms with Crippen LogP contribution in [-0.4, -0.2) is 37.4 Å². The summed E-state index contributed by atoms with van der Waals surface area (Å²) in [6.07, 6.45) is 0.511. The highest BCUT2D eigenvalue weighted by Gasteiger charge is 2.27. The third-order valence-corrected chi connectivity index (χ3v) is 2.92. The van der Waals surface area contributed by atoms with Gasteiger partial charge in [0.2, 0.25) is 5.91 Å². The highest BCUT2D eigenvalue weighted by atomic mass is 16.5. The summed E-state index contributed by atoms with van der Waals surface area (Å²) >= 11 is 0. The SMILES string of the molecule is CN1c2ccc(O)cc2OC1CCNC(=O)CN. The fourth-order valence-corrected chi connectivity index (χ4v) is 1.93. The number of carbonyl (C=O) groups excluding carboxylic acids is 1. The first kappa shape index (κ1) is 12.5. The Morgan fingerprint density at radius 2 is 2.39 bits per heavy atom. The van der Waals surface area contributed by atoms with Gasteiger partial charge in [-0.3, -0.25) is 4.79 Å². The molecule has 18 heavy (non-hydrogen) atoms. The van der Waals surface area contributed by atoms with Crippen LogP contribution in [0, 0.1) is 0 Å². The zero-order valence-electron chi connectivity index (χ0n) is 10.2. The number of carbonyl (C=O) groups is 1. The molecule has 4 N–H and O–H groups in total. The van der Waals surface area contributed by atoms with E-state index in [4.69, 9.17) is 10.5 Å². The van der Waals surface area contributed by atoms with Gasteiger partial charge < -0.3 is 25.8 Å². The predicted octanol–water partition coefficient (Wildman–Crippen LogP) is 0.0119. The number of phenols is 1. The van der Waals surface area contributed by atoms with Gasteiger partial charge in [0, 0.05) is 26.1 Å². The van der Waals surface area contributed by atoms with Gasteiger partial charge in [0.15, 0.2) is 6.23 Å². The molecule has 1 aromatic carbocycles. The molecule has 0 radical (unpaired) electrons. The second kappa shape index (κ2) is 5.14. The second-order valence-corrected chi connectivity index (χ2v) is 4.18. The van der Waals surface area contributed by atoms with Crippen LogP contribution in [0.1, 0.15) is 6.42 Å². The number of nitrogens with zero attached hydrogens (tertiary/aromatic N) is 1. The van der Waals surface area contributed by atoms with Gasteiger partial charge in [-0.15, -0.1) is 0 Å². The number of hydrogen-bond donors (Lipinski definition) is 3. The smallest absolute Gasteiger partial charge is 0.233 e. The lowest BCUT2D eigenvalue weighted by molar-refractivity contribution is -0.119. The molecule has 1 amide bonds. The number of anilines is 1. The average Bonchev–Trinajstić information content (AvgIpc) is 2.65. The van der Waals surface area contributed by atoms with E-state index in [0.717, 1.165) is 5.69 Å². The summed E-state index contributed by atoms with van der Waals surface area (Å²) in [6, 6.07) is 5.02. The normalized spacial score (nSPS) is 17.2. The topological polar surface area (TPSA) is 87.8 Å². The lowest BCUT2D eigenvalue weighted by Crippen LogP contribution is -2.37. The van der Waals surface area contributed by atoms with E-state index in [1.807, 2.05) is 18.0 Å². The molecule has 0 saturated carbocycles. The molecule has 1 unspecified atom stereocenters. The summed E-state index contributed by atoms with van der Waals surface area (Å²) in [5.74, 6) is 0.665. The minimum absolute atomic E-state index is 0.00450. The van der Waals surface area contributed by atoms with Crippen molar-refractivity contribution in [3.63, 3.8) is 0 Å². The van der Waals surface area contributed by atoms with E-state index in [2.05, 4.69) is 5.32 Å². The summed E-state index contributed by atoms with van der Waals surface area (Å²) in [4.78, 5) is 13.0. The maximum atomic E-state index is 11.0. The van der Waals surface area contributed by atoms with E-state index in [1.165, 1.54) is 0 Å². The molecule has 0 aliphatic carbocycles. The second-order valence-electron chi connectivity index (χ2n) is 4.18. The van der Waals surface area contributed by atoms with Gasteiger partial charge in [0.25, 0.3) is 0 Å². The minimum Gasteiger partial charge on any atom is -0.508 e. The number of benzene rings is 1. The van der Waals surface area contributed by atoms with E-state index >= 15 is 0 Å². The molecule has 0 saturated heterocycles. The molecule has 0 bridgehead atoms. The summed E-state index contributed by atoms with van der Waals surface area (Å²) in [5.41, 5.74) is 6.13. The van der Waals surface area contributed by atoms with Crippen LogP contribution in [0.5, 0.6) is 11.5 Å². The van der Waals surface area contributed by atoms with Gasteiger partial charge in [-0.2, -0.15) is 0 Å². The maximum Gasteiger partial charge on any atom is 0.233 e. The molecular weight excluding hydrogens is 234 g/mol. The number of aromatic hydroxyl groups is 1. The first-order chi connectivity index (χ1) is 8.61. The minimum atomic E-state index is -0.175. The lowest BCUT2D eigenvalue weighted by Gasteiger charge is -2.20. The van der Waals surface area contributed by atoms with Crippen molar-refractivity contribution in [2.24, 2.45) is 5.73 Å². The third kappa shape index (κ3) is 2.48. The Labute approximate surface area is 105 Å². The number of nitrogens with one attached hydrogen (secondary N) is 1. The molecule has 98 valence electrons. The Bertz CT molecular complexity index is 450. The van der Waals surface area contributed by atoms with Crippen molar-refractivity contribution in [2.75, 3.05) is 25.0 Å². The molecule has 1 atom stereocenters. The van der Waals surface area contributed by atoms with E-state index in [-0.39, 0.29) is 24.4 Å². The largest absolute Gasteiger partial charge is 0.508 e. The van der Waals surface area contributed by atoms with Crippen LogP contribution < -0.4 is 20.7 Å². The summed E-state index contributed by atoms with van der Waals surface area (Å²) in [7, 11) is 1.91. The van der Waals surface area contributed by atoms with E-state index in [9.17, 15) is 9.90 Å². The van der Waals surface area contributed by atoms with E-state index in [1.54, 1.807) is 12.1 Å². The van der Waals surface area contributed by atoms with Crippen molar-refractivity contribution in [1.29, 1.82) is 0 Å². The van der Waals surface area contributed by atoms with Gasteiger partial charge in [0.05, 0.1) is 12.2 Å². The van der Waals surface area contributed by atoms with Gasteiger partial charge in [-0.25, -0.2) is 0 Å². The molecule has 0 spiro atoms. The fraction of sp³-hybridized carbons (Fsp3) is 0.417. The highest BCUT2D eigenvalue weighted by Crippen LogP contribution is 2.38. The number of amides is 1. The van der Waals surface area contributed by atoms with Crippen molar-refractivity contribution in [1.82, 2.24) is 5.32 Å². The Balaban J connectivity index is 1.92. The van der Waals surface area contributed by atoms with Crippen LogP contribution in [0.2, 0.25) is 0 Å². The van der Waals surface area contributed by atoms with Crippen LogP contribution >= 0.6 is 0 Å². The molecule has 1 aromatic rings. The van der Waals surface area contributed by atoms with Gasteiger partial charge >= 0.3 is 0 Å². The van der Waals surface area contributed by atoms with Crippen molar-refractivity contribution < 1.29 is 14.6 Å². The standard InChI is InChI=1S/C12H17N3O3/c1-15-9-3-2-8(16)6-10(9)18-12(15)4-5-14-11(17)7-13/h2-3,6,12,16H,4-5,7,13H2,1H3,(H,14,17). The predicted molar refractivity (Wildman–Crippen MR) is 67.6 cm³/mol. The number of hydrogen-bond acceptors (Lipinski definition) is 5. The first-order valence-electron chi connectivity index (χ1n) is 5.81. The van der Waals surface area contributed by atoms with Crippen LogP contribution in [0.15, 0.2) is 18.2 Å². The summed E-state index contributed by atoms with van der Waals surface area (Å²) in [5, 5.41) is 12.1. The van der Waals surface area contributed by atoms with Gasteiger partial charge in [0.1, 0.15) is 11.5 Å². The van der Waals surface area contributed by atoms with E-state index in [0.29, 0.717) is 18.7 Å². The van der Waals surface area contributed by atoms with Crippen molar-refractivity contribution in [3.05, 3.63) is 18.2 Å². The van der Waals surface area contributed by atoms with Crippen LogP contribution in [0.4, 0.5) is 5.69 Å². The molecule has 2 rings (SSSR count). The Kier molecular flexibility index (Phi) is 3.57.